The number of fused-ring (bicyclic) bond motifs is 1. The van der Waals surface area contributed by atoms with E-state index in [-0.39, 0.29) is 6.04 Å². The molecule has 3 rings (SSSR count). The Morgan fingerprint density at radius 2 is 2.00 bits per heavy atom. The molecular weight excluding hydrogens is 320 g/mol. The average Bonchev–Trinajstić information content (AvgIpc) is 3.01. The molecule has 0 saturated heterocycles. The molecule has 0 bridgehead atoms. The molecule has 0 atom stereocenters. The molecule has 0 unspecified atom stereocenters. The van der Waals surface area contributed by atoms with Crippen LogP contribution >= 0.6 is 0 Å². The normalized spacial score (nSPS) is 10.9. The molecule has 3 aromatic rings. The van der Waals surface area contributed by atoms with Crippen molar-refractivity contribution >= 4 is 28.3 Å². The zero-order chi connectivity index (χ0) is 18.0. The van der Waals surface area contributed by atoms with Crippen LogP contribution in [0.3, 0.4) is 0 Å². The number of ketones is 1. The summed E-state index contributed by atoms with van der Waals surface area (Å²) in [5, 5.41) is 3.22. The number of rotatable bonds is 5. The number of hydrogen-bond acceptors (Lipinski definition) is 5. The van der Waals surface area contributed by atoms with Gasteiger partial charge in [0.05, 0.1) is 30.1 Å². The first-order valence-corrected chi connectivity index (χ1v) is 7.81. The lowest BCUT2D eigenvalue weighted by Gasteiger charge is -2.08. The number of pyridine rings is 2. The predicted octanol–water partition coefficient (Wildman–Crippen LogP) is 2.84. The smallest absolute Gasteiger partial charge is 0.296 e. The fraction of sp³-hybridized carbons (Fsp3) is 0.222. The number of Topliss-reactive ketones (excluding diaryl/α,β-unsaturated/α-hetero) is 1. The van der Waals surface area contributed by atoms with Crippen LogP contribution in [0, 0.1) is 0 Å². The highest BCUT2D eigenvalue weighted by Crippen LogP contribution is 2.24. The number of aromatic nitrogens is 3. The molecule has 0 spiro atoms. The van der Waals surface area contributed by atoms with Crippen molar-refractivity contribution in [2.45, 2.75) is 19.9 Å². The molecule has 128 valence electrons. The van der Waals surface area contributed by atoms with E-state index in [1.807, 2.05) is 24.5 Å². The highest BCUT2D eigenvalue weighted by Gasteiger charge is 2.22. The first kappa shape index (κ1) is 16.6. The summed E-state index contributed by atoms with van der Waals surface area (Å²) in [5.41, 5.74) is 1.62. The van der Waals surface area contributed by atoms with Crippen molar-refractivity contribution in [3.8, 4) is 5.88 Å². The standard InChI is InChI=1S/C18H18N4O3/c1-11(2)22-10-14(13-9-19-7-6-15(13)22)17(23)18(24)21-12-4-5-16(25-3)20-8-12/h4-11H,1-3H3,(H,21,24). The van der Waals surface area contributed by atoms with Gasteiger partial charge in [-0.1, -0.05) is 0 Å². The molecule has 0 aliphatic heterocycles. The van der Waals surface area contributed by atoms with E-state index in [0.717, 1.165) is 5.52 Å². The topological polar surface area (TPSA) is 86.1 Å². The van der Waals surface area contributed by atoms with E-state index in [0.29, 0.717) is 22.5 Å². The molecule has 1 N–H and O–H groups in total. The SMILES string of the molecule is COc1ccc(NC(=O)C(=O)c2cn(C(C)C)c3ccncc23)cn1. The van der Waals surface area contributed by atoms with Crippen LogP contribution in [-0.4, -0.2) is 33.3 Å². The molecule has 7 nitrogen and oxygen atoms in total. The summed E-state index contributed by atoms with van der Waals surface area (Å²) in [5.74, 6) is -0.915. The molecule has 25 heavy (non-hydrogen) atoms. The summed E-state index contributed by atoms with van der Waals surface area (Å²) in [6.45, 7) is 4.02. The van der Waals surface area contributed by atoms with Crippen LogP contribution in [-0.2, 0) is 4.79 Å². The Morgan fingerprint density at radius 1 is 1.20 bits per heavy atom. The third-order valence-corrected chi connectivity index (χ3v) is 3.85. The zero-order valence-corrected chi connectivity index (χ0v) is 14.2. The van der Waals surface area contributed by atoms with Crippen molar-refractivity contribution in [2.75, 3.05) is 12.4 Å². The molecule has 0 aliphatic rings. The molecule has 1 amide bonds. The van der Waals surface area contributed by atoms with Crippen molar-refractivity contribution in [3.63, 3.8) is 0 Å². The lowest BCUT2D eigenvalue weighted by molar-refractivity contribution is -0.112. The number of carbonyl (C=O) groups excluding carboxylic acids is 2. The van der Waals surface area contributed by atoms with Crippen molar-refractivity contribution in [1.29, 1.82) is 0 Å². The van der Waals surface area contributed by atoms with E-state index in [4.69, 9.17) is 4.74 Å². The summed E-state index contributed by atoms with van der Waals surface area (Å²) < 4.78 is 6.91. The molecule has 0 radical (unpaired) electrons. The van der Waals surface area contributed by atoms with Crippen LogP contribution in [0.2, 0.25) is 0 Å². The minimum atomic E-state index is -0.723. The Labute approximate surface area is 144 Å². The number of carbonyl (C=O) groups is 2. The van der Waals surface area contributed by atoms with Crippen LogP contribution in [0.15, 0.2) is 43.0 Å². The largest absolute Gasteiger partial charge is 0.481 e. The van der Waals surface area contributed by atoms with Crippen LogP contribution in [0.4, 0.5) is 5.69 Å². The van der Waals surface area contributed by atoms with Gasteiger partial charge in [-0.15, -0.1) is 0 Å². The summed E-state index contributed by atoms with van der Waals surface area (Å²) in [4.78, 5) is 33.0. The Hall–Kier alpha value is -3.22. The minimum Gasteiger partial charge on any atom is -0.481 e. The molecule has 3 aromatic heterocycles. The van der Waals surface area contributed by atoms with Gasteiger partial charge < -0.3 is 14.6 Å². The van der Waals surface area contributed by atoms with Gasteiger partial charge in [-0.25, -0.2) is 4.98 Å². The van der Waals surface area contributed by atoms with Gasteiger partial charge in [-0.05, 0) is 26.0 Å². The fourth-order valence-electron chi connectivity index (χ4n) is 2.59. The van der Waals surface area contributed by atoms with Crippen molar-refractivity contribution < 1.29 is 14.3 Å². The lowest BCUT2D eigenvalue weighted by Crippen LogP contribution is -2.22. The van der Waals surface area contributed by atoms with Crippen molar-refractivity contribution in [3.05, 3.63) is 48.5 Å². The van der Waals surface area contributed by atoms with E-state index in [9.17, 15) is 9.59 Å². The molecule has 0 aromatic carbocycles. The maximum Gasteiger partial charge on any atom is 0.296 e. The van der Waals surface area contributed by atoms with Gasteiger partial charge in [-0.2, -0.15) is 0 Å². The van der Waals surface area contributed by atoms with Gasteiger partial charge in [0.25, 0.3) is 11.7 Å². The molecule has 0 fully saturated rings. The third-order valence-electron chi connectivity index (χ3n) is 3.85. The second-order valence-electron chi connectivity index (χ2n) is 5.81. The maximum atomic E-state index is 12.6. The third kappa shape index (κ3) is 3.21. The molecule has 7 heteroatoms. The average molecular weight is 338 g/mol. The van der Waals surface area contributed by atoms with Crippen LogP contribution in [0.5, 0.6) is 5.88 Å². The van der Waals surface area contributed by atoms with Gasteiger partial charge in [0.15, 0.2) is 0 Å². The maximum absolute atomic E-state index is 12.6. The molecule has 0 aliphatic carbocycles. The number of ether oxygens (including phenoxy) is 1. The van der Waals surface area contributed by atoms with Gasteiger partial charge in [-0.3, -0.25) is 14.6 Å². The first-order chi connectivity index (χ1) is 12.0. The van der Waals surface area contributed by atoms with E-state index in [1.165, 1.54) is 13.3 Å². The number of nitrogens with one attached hydrogen (secondary N) is 1. The second kappa shape index (κ2) is 6.72. The van der Waals surface area contributed by atoms with Crippen molar-refractivity contribution in [1.82, 2.24) is 14.5 Å². The van der Waals surface area contributed by atoms with E-state index >= 15 is 0 Å². The van der Waals surface area contributed by atoms with Gasteiger partial charge in [0.2, 0.25) is 5.88 Å². The van der Waals surface area contributed by atoms with Gasteiger partial charge in [0, 0.05) is 36.1 Å². The van der Waals surface area contributed by atoms with E-state index < -0.39 is 11.7 Å². The van der Waals surface area contributed by atoms with Gasteiger partial charge in [0.1, 0.15) is 0 Å². The quantitative estimate of drug-likeness (QED) is 0.571. The van der Waals surface area contributed by atoms with Crippen LogP contribution < -0.4 is 10.1 Å². The van der Waals surface area contributed by atoms with Gasteiger partial charge >= 0.3 is 0 Å². The number of hydrogen-bond donors (Lipinski definition) is 1. The minimum absolute atomic E-state index is 0.153. The Bertz CT molecular complexity index is 929. The van der Waals surface area contributed by atoms with Crippen molar-refractivity contribution in [2.24, 2.45) is 0 Å². The Kier molecular flexibility index (Phi) is 4.47. The van der Waals surface area contributed by atoms with E-state index in [1.54, 1.807) is 30.7 Å². The molecule has 3 heterocycles. The van der Waals surface area contributed by atoms with Crippen LogP contribution in [0.1, 0.15) is 30.2 Å². The Morgan fingerprint density at radius 3 is 2.64 bits per heavy atom. The second-order valence-corrected chi connectivity index (χ2v) is 5.81. The zero-order valence-electron chi connectivity index (χ0n) is 14.2. The fourth-order valence-corrected chi connectivity index (χ4v) is 2.59. The summed E-state index contributed by atoms with van der Waals surface area (Å²) in [7, 11) is 1.50. The molecular formula is C18H18N4O3. The number of anilines is 1. The number of amides is 1. The summed E-state index contributed by atoms with van der Waals surface area (Å²) in [6, 6.07) is 5.21. The lowest BCUT2D eigenvalue weighted by atomic mass is 10.1. The highest BCUT2D eigenvalue weighted by molar-refractivity contribution is 6.48. The Balaban J connectivity index is 1.89. The highest BCUT2D eigenvalue weighted by atomic mass is 16.5. The van der Waals surface area contributed by atoms with E-state index in [2.05, 4.69) is 15.3 Å². The van der Waals surface area contributed by atoms with Crippen LogP contribution in [0.25, 0.3) is 10.9 Å². The number of nitrogens with zero attached hydrogens (tertiary/aromatic N) is 3. The summed E-state index contributed by atoms with van der Waals surface area (Å²) >= 11 is 0. The number of methoxy groups -OCH3 is 1. The first-order valence-electron chi connectivity index (χ1n) is 7.81. The summed E-state index contributed by atoms with van der Waals surface area (Å²) in [6.07, 6.45) is 6.40. The predicted molar refractivity (Wildman–Crippen MR) is 93.9 cm³/mol. The molecule has 0 saturated carbocycles. The monoisotopic (exact) mass is 338 g/mol.